The molecule has 1 fully saturated rings. The molecule has 0 aromatic heterocycles. The fraction of sp³-hybridized carbons (Fsp3) is 0.294. The van der Waals surface area contributed by atoms with E-state index < -0.39 is 0 Å². The molecule has 3 heteroatoms. The van der Waals surface area contributed by atoms with Crippen LogP contribution in [0.2, 0.25) is 0 Å². The lowest BCUT2D eigenvalue weighted by Crippen LogP contribution is -2.46. The third kappa shape index (κ3) is 2.54. The van der Waals surface area contributed by atoms with E-state index in [2.05, 4.69) is 68.0 Å². The maximum absolute atomic E-state index is 5.39. The van der Waals surface area contributed by atoms with Gasteiger partial charge in [-0.15, -0.1) is 6.42 Å². The van der Waals surface area contributed by atoms with Gasteiger partial charge in [0.2, 0.25) is 0 Å². The van der Waals surface area contributed by atoms with E-state index in [4.69, 9.17) is 6.42 Å². The minimum atomic E-state index is 0.759. The molecule has 2 nitrogen and oxygen atoms in total. The largest absolute Gasteiger partial charge is 0.368 e. The number of rotatable bonds is 2. The van der Waals surface area contributed by atoms with E-state index in [-0.39, 0.29) is 0 Å². The fourth-order valence-corrected chi connectivity index (χ4v) is 3.28. The number of terminal acetylenes is 1. The molecular weight excluding hydrogens is 312 g/mol. The standard InChI is InChI=1S/C17H17BrN2/c1-2-9-19-10-12-20(13-11-19)17-8-7-16(18)14-5-3-4-6-15(14)17/h1,3-8H,9-13H2. The third-order valence-electron chi connectivity index (χ3n) is 3.88. The van der Waals surface area contributed by atoms with Crippen molar-refractivity contribution >= 4 is 32.4 Å². The van der Waals surface area contributed by atoms with Gasteiger partial charge in [0.1, 0.15) is 0 Å². The predicted octanol–water partition coefficient (Wildman–Crippen LogP) is 3.36. The van der Waals surface area contributed by atoms with Gasteiger partial charge in [-0.25, -0.2) is 0 Å². The van der Waals surface area contributed by atoms with Crippen LogP contribution in [0.5, 0.6) is 0 Å². The molecule has 0 saturated carbocycles. The lowest BCUT2D eigenvalue weighted by molar-refractivity contribution is 0.288. The summed E-state index contributed by atoms with van der Waals surface area (Å²) in [5, 5.41) is 2.59. The Morgan fingerprint density at radius 1 is 1.00 bits per heavy atom. The second-order valence-corrected chi connectivity index (χ2v) is 5.93. The monoisotopic (exact) mass is 328 g/mol. The molecule has 1 aliphatic heterocycles. The Kier molecular flexibility index (Phi) is 3.95. The zero-order valence-electron chi connectivity index (χ0n) is 11.3. The summed E-state index contributed by atoms with van der Waals surface area (Å²) in [6, 6.07) is 12.9. The molecular formula is C17H17BrN2. The van der Waals surface area contributed by atoms with E-state index in [1.807, 2.05) is 0 Å². The van der Waals surface area contributed by atoms with E-state index in [1.54, 1.807) is 0 Å². The number of nitrogens with zero attached hydrogens (tertiary/aromatic N) is 2. The molecule has 0 N–H and O–H groups in total. The summed E-state index contributed by atoms with van der Waals surface area (Å²) in [5.41, 5.74) is 1.32. The number of benzene rings is 2. The topological polar surface area (TPSA) is 6.48 Å². The van der Waals surface area contributed by atoms with Crippen LogP contribution in [0, 0.1) is 12.3 Å². The Labute approximate surface area is 128 Å². The highest BCUT2D eigenvalue weighted by Gasteiger charge is 2.18. The van der Waals surface area contributed by atoms with Crippen molar-refractivity contribution in [3.05, 3.63) is 40.9 Å². The van der Waals surface area contributed by atoms with Gasteiger partial charge >= 0.3 is 0 Å². The van der Waals surface area contributed by atoms with E-state index in [9.17, 15) is 0 Å². The van der Waals surface area contributed by atoms with Crippen molar-refractivity contribution in [1.29, 1.82) is 0 Å². The molecule has 0 atom stereocenters. The van der Waals surface area contributed by atoms with Crippen LogP contribution in [0.4, 0.5) is 5.69 Å². The average molecular weight is 329 g/mol. The van der Waals surface area contributed by atoms with Crippen LogP contribution >= 0.6 is 15.9 Å². The van der Waals surface area contributed by atoms with Crippen molar-refractivity contribution in [2.75, 3.05) is 37.6 Å². The summed E-state index contributed by atoms with van der Waals surface area (Å²) in [7, 11) is 0. The van der Waals surface area contributed by atoms with Gasteiger partial charge in [0.05, 0.1) is 6.54 Å². The van der Waals surface area contributed by atoms with Crippen molar-refractivity contribution in [2.24, 2.45) is 0 Å². The zero-order chi connectivity index (χ0) is 13.9. The van der Waals surface area contributed by atoms with Gasteiger partial charge in [-0.2, -0.15) is 0 Å². The molecule has 0 bridgehead atoms. The van der Waals surface area contributed by atoms with E-state index >= 15 is 0 Å². The first-order valence-electron chi connectivity index (χ1n) is 6.87. The highest BCUT2D eigenvalue weighted by atomic mass is 79.9. The van der Waals surface area contributed by atoms with Crippen molar-refractivity contribution in [2.45, 2.75) is 0 Å². The molecule has 1 saturated heterocycles. The minimum absolute atomic E-state index is 0.759. The van der Waals surface area contributed by atoms with Crippen LogP contribution in [-0.2, 0) is 0 Å². The smallest absolute Gasteiger partial charge is 0.0600 e. The van der Waals surface area contributed by atoms with Gasteiger partial charge in [0.15, 0.2) is 0 Å². The third-order valence-corrected chi connectivity index (χ3v) is 4.57. The first kappa shape index (κ1) is 13.5. The van der Waals surface area contributed by atoms with Crippen LogP contribution in [0.3, 0.4) is 0 Å². The molecule has 0 spiro atoms. The molecule has 0 amide bonds. The Balaban J connectivity index is 1.89. The minimum Gasteiger partial charge on any atom is -0.368 e. The number of halogens is 1. The predicted molar refractivity (Wildman–Crippen MR) is 89.1 cm³/mol. The van der Waals surface area contributed by atoms with Gasteiger partial charge in [0, 0.05) is 41.7 Å². The first-order valence-corrected chi connectivity index (χ1v) is 7.67. The molecule has 20 heavy (non-hydrogen) atoms. The lowest BCUT2D eigenvalue weighted by Gasteiger charge is -2.35. The van der Waals surface area contributed by atoms with Crippen LogP contribution in [-0.4, -0.2) is 37.6 Å². The highest BCUT2D eigenvalue weighted by molar-refractivity contribution is 9.10. The molecule has 0 aliphatic carbocycles. The van der Waals surface area contributed by atoms with E-state index in [0.29, 0.717) is 0 Å². The summed E-state index contributed by atoms with van der Waals surface area (Å²) in [4.78, 5) is 4.79. The quantitative estimate of drug-likeness (QED) is 0.780. The molecule has 2 aromatic carbocycles. The maximum atomic E-state index is 5.39. The summed E-state index contributed by atoms with van der Waals surface area (Å²) < 4.78 is 1.16. The first-order chi connectivity index (χ1) is 9.79. The highest BCUT2D eigenvalue weighted by Crippen LogP contribution is 2.32. The van der Waals surface area contributed by atoms with Gasteiger partial charge < -0.3 is 4.90 Å². The van der Waals surface area contributed by atoms with Crippen molar-refractivity contribution in [3.8, 4) is 12.3 Å². The molecule has 1 aliphatic rings. The van der Waals surface area contributed by atoms with E-state index in [1.165, 1.54) is 16.5 Å². The Hall–Kier alpha value is -1.50. The number of anilines is 1. The van der Waals surface area contributed by atoms with Gasteiger partial charge in [0.25, 0.3) is 0 Å². The van der Waals surface area contributed by atoms with E-state index in [0.717, 1.165) is 37.2 Å². The summed E-state index contributed by atoms with van der Waals surface area (Å²) in [6.07, 6.45) is 5.39. The van der Waals surface area contributed by atoms with Crippen LogP contribution in [0.1, 0.15) is 0 Å². The number of hydrogen-bond acceptors (Lipinski definition) is 2. The fourth-order valence-electron chi connectivity index (χ4n) is 2.80. The van der Waals surface area contributed by atoms with Crippen molar-refractivity contribution in [3.63, 3.8) is 0 Å². The molecule has 3 rings (SSSR count). The number of fused-ring (bicyclic) bond motifs is 1. The van der Waals surface area contributed by atoms with Crippen molar-refractivity contribution < 1.29 is 0 Å². The van der Waals surface area contributed by atoms with Gasteiger partial charge in [-0.3, -0.25) is 4.90 Å². The summed E-state index contributed by atoms with van der Waals surface area (Å²) in [6.45, 7) is 4.90. The number of piperazine rings is 1. The normalized spacial score (nSPS) is 16.3. The lowest BCUT2D eigenvalue weighted by atomic mass is 10.1. The SMILES string of the molecule is C#CCN1CCN(c2ccc(Br)c3ccccc23)CC1. The summed E-state index contributed by atoms with van der Waals surface area (Å²) >= 11 is 3.64. The molecule has 1 heterocycles. The Bertz CT molecular complexity index is 652. The second-order valence-electron chi connectivity index (χ2n) is 5.08. The molecule has 2 aromatic rings. The van der Waals surface area contributed by atoms with Crippen molar-refractivity contribution in [1.82, 2.24) is 4.90 Å². The number of hydrogen-bond donors (Lipinski definition) is 0. The van der Waals surface area contributed by atoms with Gasteiger partial charge in [-0.1, -0.05) is 46.1 Å². The molecule has 0 radical (unpaired) electrons. The Morgan fingerprint density at radius 2 is 1.70 bits per heavy atom. The second kappa shape index (κ2) is 5.87. The zero-order valence-corrected chi connectivity index (χ0v) is 12.9. The van der Waals surface area contributed by atoms with Crippen LogP contribution < -0.4 is 4.90 Å². The molecule has 102 valence electrons. The summed E-state index contributed by atoms with van der Waals surface area (Å²) in [5.74, 6) is 2.73. The van der Waals surface area contributed by atoms with Gasteiger partial charge in [-0.05, 0) is 17.5 Å². The van der Waals surface area contributed by atoms with Crippen LogP contribution in [0.15, 0.2) is 40.9 Å². The Morgan fingerprint density at radius 3 is 2.40 bits per heavy atom. The van der Waals surface area contributed by atoms with Crippen LogP contribution in [0.25, 0.3) is 10.8 Å². The molecule has 0 unspecified atom stereocenters. The average Bonchev–Trinajstić information content (AvgIpc) is 2.49. The maximum Gasteiger partial charge on any atom is 0.0600 e.